The number of benzene rings is 1. The van der Waals surface area contributed by atoms with Gasteiger partial charge in [0.1, 0.15) is 35.3 Å². The van der Waals surface area contributed by atoms with Gasteiger partial charge in [0.15, 0.2) is 18.7 Å². The Morgan fingerprint density at radius 2 is 1.55 bits per heavy atom. The van der Waals surface area contributed by atoms with Crippen LogP contribution in [0.15, 0.2) is 18.2 Å². The molecule has 0 aromatic heterocycles. The molecular weight excluding hydrogens is 1040 g/mol. The lowest BCUT2D eigenvalue weighted by Crippen LogP contribution is -2.61. The SMILES string of the molecule is CC[C@H]1OC(=O)[C@H](C)[C@@H](OC2CC(C)(OC)C(OC(=O)NCCCCCC(=O)NC[C@H]3CN(c4ccc(N5CCOCC5)c(F)c4)C(=O)O3)C(C)O2)C(C)[C@@H](OC2OC(C)CC(C)C2O)[C@](C)(O)C[C@@H](C)[C@H](C)[C@H](C)[C@@H](O)[C@]1(C)O. The minimum atomic E-state index is -1.84. The summed E-state index contributed by atoms with van der Waals surface area (Å²) in [6.45, 7) is 24.0. The maximum Gasteiger partial charge on any atom is 0.414 e. The number of amides is 3. The number of unbranched alkanes of at least 4 members (excludes halogenated alkanes) is 2. The molecule has 21 nitrogen and oxygen atoms in total. The molecule has 5 saturated heterocycles. The Balaban J connectivity index is 1.04. The number of hydrogen-bond acceptors (Lipinski definition) is 18. The van der Waals surface area contributed by atoms with Crippen molar-refractivity contribution in [3.8, 4) is 0 Å². The molecule has 5 heterocycles. The van der Waals surface area contributed by atoms with E-state index in [9.17, 15) is 39.6 Å². The normalized spacial score (nSPS) is 39.6. The summed E-state index contributed by atoms with van der Waals surface area (Å²) in [6, 6.07) is 4.64. The van der Waals surface area contributed by atoms with Crippen LogP contribution in [0.1, 0.15) is 134 Å². The summed E-state index contributed by atoms with van der Waals surface area (Å²) in [5, 5.41) is 53.4. The summed E-state index contributed by atoms with van der Waals surface area (Å²) in [7, 11) is 1.49. The maximum absolute atomic E-state index is 15.1. The van der Waals surface area contributed by atoms with Crippen molar-refractivity contribution >= 4 is 35.4 Å². The van der Waals surface area contributed by atoms with E-state index < -0.39 is 120 Å². The minimum absolute atomic E-state index is 0.0239. The van der Waals surface area contributed by atoms with Crippen molar-refractivity contribution in [3.05, 3.63) is 24.0 Å². The third-order valence-corrected chi connectivity index (χ3v) is 17.8. The van der Waals surface area contributed by atoms with Gasteiger partial charge in [-0.2, -0.15) is 0 Å². The van der Waals surface area contributed by atoms with Crippen molar-refractivity contribution in [2.45, 2.75) is 219 Å². The van der Waals surface area contributed by atoms with Gasteiger partial charge >= 0.3 is 18.2 Å². The van der Waals surface area contributed by atoms with E-state index in [1.165, 1.54) is 25.0 Å². The van der Waals surface area contributed by atoms with Crippen LogP contribution in [0, 0.1) is 41.3 Å². The van der Waals surface area contributed by atoms with Gasteiger partial charge in [0.2, 0.25) is 5.91 Å². The van der Waals surface area contributed by atoms with Gasteiger partial charge in [0.05, 0.1) is 79.7 Å². The number of aliphatic hydroxyl groups excluding tert-OH is 2. The quantitative estimate of drug-likeness (QED) is 0.0596. The third kappa shape index (κ3) is 15.8. The van der Waals surface area contributed by atoms with E-state index in [1.807, 2.05) is 39.5 Å². The maximum atomic E-state index is 15.1. The van der Waals surface area contributed by atoms with Crippen molar-refractivity contribution in [2.75, 3.05) is 62.8 Å². The van der Waals surface area contributed by atoms with Crippen LogP contribution in [0.5, 0.6) is 0 Å². The summed E-state index contributed by atoms with van der Waals surface area (Å²) >= 11 is 0. The molecule has 0 bridgehead atoms. The second-order valence-corrected chi connectivity index (χ2v) is 24.3. The first-order valence-electron chi connectivity index (χ1n) is 29.1. The predicted molar refractivity (Wildman–Crippen MR) is 293 cm³/mol. The van der Waals surface area contributed by atoms with Gasteiger partial charge in [-0.25, -0.2) is 14.0 Å². The molecule has 0 radical (unpaired) electrons. The molecule has 1 aromatic carbocycles. The number of esters is 1. The van der Waals surface area contributed by atoms with E-state index in [0.29, 0.717) is 63.4 Å². The van der Waals surface area contributed by atoms with Gasteiger partial charge in [-0.15, -0.1) is 0 Å². The number of ether oxygens (including phenoxy) is 9. The molecule has 3 amide bonds. The molecule has 6 N–H and O–H groups in total. The van der Waals surface area contributed by atoms with E-state index in [0.717, 1.165) is 0 Å². The van der Waals surface area contributed by atoms with Gasteiger partial charge in [0, 0.05) is 45.5 Å². The topological polar surface area (TPSA) is 263 Å². The lowest BCUT2D eigenvalue weighted by atomic mass is 9.70. The summed E-state index contributed by atoms with van der Waals surface area (Å²) in [5.41, 5.74) is -3.84. The highest BCUT2D eigenvalue weighted by Gasteiger charge is 2.54. The Kier molecular flexibility index (Phi) is 22.9. The Labute approximate surface area is 472 Å². The van der Waals surface area contributed by atoms with Crippen molar-refractivity contribution in [3.63, 3.8) is 0 Å². The van der Waals surface area contributed by atoms with Gasteiger partial charge in [-0.3, -0.25) is 14.5 Å². The summed E-state index contributed by atoms with van der Waals surface area (Å²) < 4.78 is 70.3. The minimum Gasteiger partial charge on any atom is -0.459 e. The molecule has 1 aromatic rings. The van der Waals surface area contributed by atoms with E-state index in [2.05, 4.69) is 10.6 Å². The van der Waals surface area contributed by atoms with E-state index in [4.69, 9.17) is 42.6 Å². The summed E-state index contributed by atoms with van der Waals surface area (Å²) in [5.74, 6) is -4.46. The molecule has 5 aliphatic heterocycles. The fourth-order valence-corrected chi connectivity index (χ4v) is 12.5. The van der Waals surface area contributed by atoms with Crippen molar-refractivity contribution < 1.29 is 86.6 Å². The number of nitrogens with one attached hydrogen (secondary N) is 2. The monoisotopic (exact) mass is 1140 g/mol. The number of anilines is 2. The molecule has 0 saturated carbocycles. The van der Waals surface area contributed by atoms with Crippen LogP contribution in [0.2, 0.25) is 0 Å². The predicted octanol–water partition coefficient (Wildman–Crippen LogP) is 5.97. The highest BCUT2D eigenvalue weighted by molar-refractivity contribution is 5.90. The Morgan fingerprint density at radius 3 is 2.21 bits per heavy atom. The molecule has 20 atom stereocenters. The second-order valence-electron chi connectivity index (χ2n) is 24.3. The number of cyclic esters (lactones) is 2. The third-order valence-electron chi connectivity index (χ3n) is 17.8. The highest BCUT2D eigenvalue weighted by Crippen LogP contribution is 2.43. The van der Waals surface area contributed by atoms with Crippen LogP contribution in [0.4, 0.5) is 25.4 Å². The molecule has 5 aliphatic rings. The summed E-state index contributed by atoms with van der Waals surface area (Å²) in [4.78, 5) is 56.5. The number of methoxy groups -OCH3 is 1. The molecule has 22 heteroatoms. The average molecular weight is 1140 g/mol. The lowest BCUT2D eigenvalue weighted by Gasteiger charge is -2.49. The number of carbonyl (C=O) groups is 4. The van der Waals surface area contributed by atoms with Crippen molar-refractivity contribution in [1.82, 2.24) is 10.6 Å². The number of carbonyl (C=O) groups excluding carboxylic acids is 4. The molecule has 9 unspecified atom stereocenters. The highest BCUT2D eigenvalue weighted by atomic mass is 19.1. The van der Waals surface area contributed by atoms with Gasteiger partial charge in [-0.1, -0.05) is 48.0 Å². The zero-order valence-corrected chi connectivity index (χ0v) is 49.5. The number of rotatable bonds is 17. The average Bonchev–Trinajstić information content (AvgIpc) is 3.91. The van der Waals surface area contributed by atoms with Crippen LogP contribution in [0.25, 0.3) is 0 Å². The largest absolute Gasteiger partial charge is 0.459 e. The number of alkyl carbamates (subject to hydrolysis) is 1. The fourth-order valence-electron chi connectivity index (χ4n) is 12.5. The van der Waals surface area contributed by atoms with Crippen LogP contribution in [-0.4, -0.2) is 182 Å². The smallest absolute Gasteiger partial charge is 0.414 e. The standard InChI is InChI=1S/C58H95FN4O17/c1-14-44-58(12,71)49(66)36(6)35(5)33(3)28-56(10,70)50(79-53-47(65)32(2)26-34(4)74-53)37(7)48(38(8)52(67)77-44)78-46-29-57(11,72-13)51(39(9)75-46)80-54(68)60-21-17-15-16-18-45(64)61-30-41-31-63(55(69)76-41)40-19-20-43(42(59)27-40)62-22-24-73-25-23-62/h19-20,27,32-39,41,44,46-51,53,65-66,70-71H,14-18,21-26,28-31H2,1-13H3,(H,60,68)(H,61,64)/t32?,33-,34?,35+,36+,37?,38-,39?,41+,44-,46?,47?,48+,49-,50-,51?,53?,56-,57?,58-/m1/s1. The van der Waals surface area contributed by atoms with Crippen LogP contribution in [0.3, 0.4) is 0 Å². The van der Waals surface area contributed by atoms with Crippen LogP contribution < -0.4 is 20.4 Å². The van der Waals surface area contributed by atoms with E-state index in [-0.39, 0.29) is 75.1 Å². The number of halogens is 1. The van der Waals surface area contributed by atoms with E-state index >= 15 is 4.39 Å². The Morgan fingerprint density at radius 1 is 0.850 bits per heavy atom. The number of morpholine rings is 1. The first-order chi connectivity index (χ1) is 37.6. The second kappa shape index (κ2) is 28.1. The summed E-state index contributed by atoms with van der Waals surface area (Å²) in [6.07, 6.45) is -8.91. The zero-order valence-electron chi connectivity index (χ0n) is 49.5. The number of hydrogen-bond donors (Lipinski definition) is 6. The van der Waals surface area contributed by atoms with Crippen molar-refractivity contribution in [2.24, 2.45) is 35.5 Å². The molecule has 5 fully saturated rings. The molecule has 456 valence electrons. The van der Waals surface area contributed by atoms with Gasteiger partial charge in [0.25, 0.3) is 0 Å². The van der Waals surface area contributed by atoms with Crippen LogP contribution >= 0.6 is 0 Å². The number of nitrogens with zero attached hydrogens (tertiary/aromatic N) is 2. The molecule has 6 rings (SSSR count). The Hall–Kier alpha value is -3.97. The molecular formula is C58H95FN4O17. The number of aliphatic hydroxyl groups is 4. The molecule has 0 aliphatic carbocycles. The molecule has 0 spiro atoms. The van der Waals surface area contributed by atoms with Crippen molar-refractivity contribution in [1.29, 1.82) is 0 Å². The first-order valence-corrected chi connectivity index (χ1v) is 29.1. The molecule has 80 heavy (non-hydrogen) atoms. The first kappa shape index (κ1) is 65.2. The van der Waals surface area contributed by atoms with Gasteiger partial charge in [-0.05, 0) is 116 Å². The van der Waals surface area contributed by atoms with E-state index in [1.54, 1.807) is 53.7 Å². The zero-order chi connectivity index (χ0) is 59.0. The van der Waals surface area contributed by atoms with Crippen LogP contribution in [-0.2, 0) is 52.2 Å². The lowest BCUT2D eigenvalue weighted by molar-refractivity contribution is -0.318. The fraction of sp³-hybridized carbons (Fsp3) is 0.828. The Bertz CT molecular complexity index is 2200. The van der Waals surface area contributed by atoms with Gasteiger partial charge < -0.3 is 78.6 Å².